The van der Waals surface area contributed by atoms with Crippen LogP contribution in [0.2, 0.25) is 5.02 Å². The maximum absolute atomic E-state index is 6.01. The molecule has 0 N–H and O–H groups in total. The number of benzene rings is 1. The Kier molecular flexibility index (Phi) is 2.36. The van der Waals surface area contributed by atoms with E-state index in [9.17, 15) is 0 Å². The van der Waals surface area contributed by atoms with Crippen molar-refractivity contribution >= 4 is 22.5 Å². The van der Waals surface area contributed by atoms with Crippen LogP contribution in [0.5, 0.6) is 0 Å². The van der Waals surface area contributed by atoms with Gasteiger partial charge in [-0.3, -0.25) is 4.98 Å². The van der Waals surface area contributed by atoms with E-state index < -0.39 is 0 Å². The molecule has 0 radical (unpaired) electrons. The first-order chi connectivity index (χ1) is 7.75. The SMILES string of the molecule is Cc1c2c(nc3cc(Cl)ccc13)CCCC2. The highest BCUT2D eigenvalue weighted by Gasteiger charge is 2.15. The zero-order chi connectivity index (χ0) is 11.1. The molecule has 82 valence electrons. The Hall–Kier alpha value is -1.08. The van der Waals surface area contributed by atoms with Gasteiger partial charge in [-0.2, -0.15) is 0 Å². The highest BCUT2D eigenvalue weighted by Crippen LogP contribution is 2.29. The number of aromatic nitrogens is 1. The lowest BCUT2D eigenvalue weighted by atomic mass is 9.90. The summed E-state index contributed by atoms with van der Waals surface area (Å²) < 4.78 is 0. The molecule has 0 aliphatic heterocycles. The Morgan fingerprint density at radius 3 is 2.88 bits per heavy atom. The van der Waals surface area contributed by atoms with Crippen LogP contribution < -0.4 is 0 Å². The summed E-state index contributed by atoms with van der Waals surface area (Å²) >= 11 is 6.01. The van der Waals surface area contributed by atoms with Crippen molar-refractivity contribution in [1.82, 2.24) is 4.98 Å². The Labute approximate surface area is 100 Å². The summed E-state index contributed by atoms with van der Waals surface area (Å²) in [7, 11) is 0. The van der Waals surface area contributed by atoms with Gasteiger partial charge in [0.1, 0.15) is 0 Å². The molecular weight excluding hydrogens is 218 g/mol. The Morgan fingerprint density at radius 1 is 1.19 bits per heavy atom. The van der Waals surface area contributed by atoms with E-state index in [1.54, 1.807) is 0 Å². The molecule has 0 atom stereocenters. The van der Waals surface area contributed by atoms with Gasteiger partial charge in [-0.05, 0) is 55.9 Å². The average Bonchev–Trinajstić information content (AvgIpc) is 2.29. The monoisotopic (exact) mass is 231 g/mol. The van der Waals surface area contributed by atoms with Crippen LogP contribution in [0.15, 0.2) is 18.2 Å². The van der Waals surface area contributed by atoms with E-state index in [1.165, 1.54) is 41.5 Å². The second-order valence-electron chi connectivity index (χ2n) is 4.53. The molecule has 3 rings (SSSR count). The summed E-state index contributed by atoms with van der Waals surface area (Å²) in [6.07, 6.45) is 4.88. The molecule has 16 heavy (non-hydrogen) atoms. The number of hydrogen-bond donors (Lipinski definition) is 0. The molecule has 1 aromatic carbocycles. The van der Waals surface area contributed by atoms with E-state index in [1.807, 2.05) is 12.1 Å². The fourth-order valence-corrected chi connectivity index (χ4v) is 2.81. The molecule has 0 saturated heterocycles. The number of rotatable bonds is 0. The third-order valence-electron chi connectivity index (χ3n) is 3.51. The van der Waals surface area contributed by atoms with Crippen LogP contribution >= 0.6 is 11.6 Å². The summed E-state index contributed by atoms with van der Waals surface area (Å²) in [5.74, 6) is 0. The zero-order valence-electron chi connectivity index (χ0n) is 9.39. The van der Waals surface area contributed by atoms with Crippen molar-refractivity contribution in [2.75, 3.05) is 0 Å². The first-order valence-corrected chi connectivity index (χ1v) is 6.21. The van der Waals surface area contributed by atoms with Crippen LogP contribution in [-0.4, -0.2) is 4.98 Å². The molecule has 2 heteroatoms. The second kappa shape index (κ2) is 3.74. The van der Waals surface area contributed by atoms with Gasteiger partial charge in [0.2, 0.25) is 0 Å². The number of aryl methyl sites for hydroxylation is 2. The molecule has 2 aromatic rings. The molecule has 0 unspecified atom stereocenters. The van der Waals surface area contributed by atoms with Crippen molar-refractivity contribution in [1.29, 1.82) is 0 Å². The summed E-state index contributed by atoms with van der Waals surface area (Å²) in [6, 6.07) is 6.02. The molecule has 0 amide bonds. The van der Waals surface area contributed by atoms with Crippen molar-refractivity contribution in [2.45, 2.75) is 32.6 Å². The van der Waals surface area contributed by atoms with E-state index in [0.717, 1.165) is 17.0 Å². The maximum Gasteiger partial charge on any atom is 0.0722 e. The van der Waals surface area contributed by atoms with Gasteiger partial charge in [0.05, 0.1) is 5.52 Å². The van der Waals surface area contributed by atoms with Crippen molar-refractivity contribution in [2.24, 2.45) is 0 Å². The van der Waals surface area contributed by atoms with Crippen molar-refractivity contribution in [3.05, 3.63) is 40.0 Å². The molecule has 1 aliphatic rings. The van der Waals surface area contributed by atoms with Crippen LogP contribution in [0.4, 0.5) is 0 Å². The van der Waals surface area contributed by atoms with Crippen molar-refractivity contribution in [3.8, 4) is 0 Å². The van der Waals surface area contributed by atoms with Crippen molar-refractivity contribution in [3.63, 3.8) is 0 Å². The molecule has 1 heterocycles. The second-order valence-corrected chi connectivity index (χ2v) is 4.97. The third-order valence-corrected chi connectivity index (χ3v) is 3.75. The van der Waals surface area contributed by atoms with Gasteiger partial charge in [0.25, 0.3) is 0 Å². The molecule has 1 aliphatic carbocycles. The Bertz CT molecular complexity index is 560. The van der Waals surface area contributed by atoms with Gasteiger partial charge >= 0.3 is 0 Å². The maximum atomic E-state index is 6.01. The smallest absolute Gasteiger partial charge is 0.0722 e. The molecular formula is C14H14ClN. The summed E-state index contributed by atoms with van der Waals surface area (Å²) in [4.78, 5) is 4.75. The summed E-state index contributed by atoms with van der Waals surface area (Å²) in [5.41, 5.74) is 5.21. The first kappa shape index (κ1) is 10.1. The van der Waals surface area contributed by atoms with E-state index in [4.69, 9.17) is 16.6 Å². The molecule has 0 spiro atoms. The van der Waals surface area contributed by atoms with E-state index >= 15 is 0 Å². The minimum atomic E-state index is 0.773. The number of halogens is 1. The molecule has 0 bridgehead atoms. The predicted octanol–water partition coefficient (Wildman–Crippen LogP) is 4.08. The van der Waals surface area contributed by atoms with Crippen LogP contribution in [0.1, 0.15) is 29.7 Å². The van der Waals surface area contributed by atoms with Gasteiger partial charge in [0, 0.05) is 16.1 Å². The Morgan fingerprint density at radius 2 is 2.00 bits per heavy atom. The lowest BCUT2D eigenvalue weighted by Crippen LogP contribution is -2.07. The minimum absolute atomic E-state index is 0.773. The molecule has 0 fully saturated rings. The van der Waals surface area contributed by atoms with Crippen LogP contribution in [0.3, 0.4) is 0 Å². The number of hydrogen-bond acceptors (Lipinski definition) is 1. The fraction of sp³-hybridized carbons (Fsp3) is 0.357. The summed E-state index contributed by atoms with van der Waals surface area (Å²) in [6.45, 7) is 2.21. The highest BCUT2D eigenvalue weighted by atomic mass is 35.5. The topological polar surface area (TPSA) is 12.9 Å². The zero-order valence-corrected chi connectivity index (χ0v) is 10.1. The fourth-order valence-electron chi connectivity index (χ4n) is 2.64. The normalized spacial score (nSPS) is 15.1. The van der Waals surface area contributed by atoms with E-state index in [0.29, 0.717) is 0 Å². The lowest BCUT2D eigenvalue weighted by molar-refractivity contribution is 0.668. The summed E-state index contributed by atoms with van der Waals surface area (Å²) in [5, 5.41) is 2.03. The van der Waals surface area contributed by atoms with E-state index in [2.05, 4.69) is 13.0 Å². The number of nitrogens with zero attached hydrogens (tertiary/aromatic N) is 1. The number of fused-ring (bicyclic) bond motifs is 2. The minimum Gasteiger partial charge on any atom is -0.252 e. The molecule has 1 nitrogen and oxygen atoms in total. The largest absolute Gasteiger partial charge is 0.252 e. The van der Waals surface area contributed by atoms with Gasteiger partial charge in [-0.15, -0.1) is 0 Å². The van der Waals surface area contributed by atoms with Gasteiger partial charge in [0.15, 0.2) is 0 Å². The lowest BCUT2D eigenvalue weighted by Gasteiger charge is -2.18. The molecule has 0 saturated carbocycles. The van der Waals surface area contributed by atoms with Crippen LogP contribution in [-0.2, 0) is 12.8 Å². The van der Waals surface area contributed by atoms with Crippen LogP contribution in [0, 0.1) is 6.92 Å². The van der Waals surface area contributed by atoms with E-state index in [-0.39, 0.29) is 0 Å². The molecule has 1 aromatic heterocycles. The van der Waals surface area contributed by atoms with Gasteiger partial charge in [-0.25, -0.2) is 0 Å². The van der Waals surface area contributed by atoms with Crippen molar-refractivity contribution < 1.29 is 0 Å². The standard InChI is InChI=1S/C14H14ClN/c1-9-11-4-2-3-5-13(11)16-14-8-10(15)6-7-12(9)14/h6-8H,2-5H2,1H3. The quantitative estimate of drug-likeness (QED) is 0.666. The highest BCUT2D eigenvalue weighted by molar-refractivity contribution is 6.31. The van der Waals surface area contributed by atoms with Crippen LogP contribution in [0.25, 0.3) is 10.9 Å². The third kappa shape index (κ3) is 1.51. The van der Waals surface area contributed by atoms with Gasteiger partial charge in [-0.1, -0.05) is 17.7 Å². The average molecular weight is 232 g/mol. The first-order valence-electron chi connectivity index (χ1n) is 5.83. The number of pyridine rings is 1. The predicted molar refractivity (Wildman–Crippen MR) is 68.1 cm³/mol. The van der Waals surface area contributed by atoms with Gasteiger partial charge < -0.3 is 0 Å². The Balaban J connectivity index is 2.34.